The molecule has 1 fully saturated rings. The van der Waals surface area contributed by atoms with Gasteiger partial charge in [-0.2, -0.15) is 0 Å². The van der Waals surface area contributed by atoms with Crippen LogP contribution in [0.25, 0.3) is 21.6 Å². The molecule has 0 spiro atoms. The van der Waals surface area contributed by atoms with Gasteiger partial charge in [-0.1, -0.05) is 18.3 Å². The molecule has 0 aromatic carbocycles. The number of aromatic nitrogens is 4. The first-order valence-electron chi connectivity index (χ1n) is 8.98. The first-order valence-corrected chi connectivity index (χ1v) is 11.4. The molecular weight excluding hydrogens is 384 g/mol. The van der Waals surface area contributed by atoms with Crippen LogP contribution in [0.5, 0.6) is 0 Å². The van der Waals surface area contributed by atoms with Crippen molar-refractivity contribution in [2.75, 3.05) is 11.1 Å². The Hall–Kier alpha value is -2.04. The monoisotopic (exact) mass is 406 g/mol. The number of nitrogens with zero attached hydrogens (tertiary/aromatic N) is 3. The Morgan fingerprint density at radius 3 is 2.81 bits per heavy atom. The van der Waals surface area contributed by atoms with Gasteiger partial charge in [0.2, 0.25) is 10.0 Å². The van der Waals surface area contributed by atoms with Crippen molar-refractivity contribution in [3.63, 3.8) is 0 Å². The number of H-pyrrole nitrogens is 1. The second-order valence-corrected chi connectivity index (χ2v) is 9.91. The highest BCUT2D eigenvalue weighted by atomic mass is 32.2. The fourth-order valence-corrected chi connectivity index (χ4v) is 5.41. The zero-order valence-corrected chi connectivity index (χ0v) is 16.8. The van der Waals surface area contributed by atoms with Crippen molar-refractivity contribution in [3.8, 4) is 10.6 Å². The number of fused-ring (bicyclic) bond motifs is 1. The van der Waals surface area contributed by atoms with Crippen molar-refractivity contribution in [3.05, 3.63) is 23.5 Å². The molecule has 1 saturated carbocycles. The number of sulfonamides is 1. The Kier molecular flexibility index (Phi) is 4.87. The van der Waals surface area contributed by atoms with Crippen molar-refractivity contribution in [1.29, 1.82) is 0 Å². The molecule has 8 nitrogen and oxygen atoms in total. The summed E-state index contributed by atoms with van der Waals surface area (Å²) in [4.78, 5) is 7.61. The van der Waals surface area contributed by atoms with Crippen LogP contribution in [-0.4, -0.2) is 46.4 Å². The molecule has 0 bridgehead atoms. The van der Waals surface area contributed by atoms with Crippen LogP contribution in [0, 0.1) is 6.92 Å². The second kappa shape index (κ2) is 7.17. The molecule has 1 aliphatic carbocycles. The highest BCUT2D eigenvalue weighted by Gasteiger charge is 2.33. The fraction of sp³-hybridized carbons (Fsp3) is 0.471. The minimum Gasteiger partial charge on any atom is -0.381 e. The average Bonchev–Trinajstić information content (AvgIpc) is 3.21. The molecule has 0 saturated heterocycles. The zero-order valence-electron chi connectivity index (χ0n) is 15.2. The average molecular weight is 407 g/mol. The third-order valence-corrected chi connectivity index (χ3v) is 7.16. The van der Waals surface area contributed by atoms with Gasteiger partial charge in [-0.3, -0.25) is 0 Å². The molecule has 0 amide bonds. The van der Waals surface area contributed by atoms with Crippen LogP contribution in [0.1, 0.15) is 31.2 Å². The highest BCUT2D eigenvalue weighted by molar-refractivity contribution is 7.89. The smallest absolute Gasteiger partial charge is 0.211 e. The van der Waals surface area contributed by atoms with Gasteiger partial charge in [0.1, 0.15) is 10.7 Å². The van der Waals surface area contributed by atoms with Crippen LogP contribution in [0.15, 0.2) is 18.5 Å². The first-order chi connectivity index (χ1) is 12.9. The fourth-order valence-electron chi connectivity index (χ4n) is 3.35. The molecule has 144 valence electrons. The van der Waals surface area contributed by atoms with Crippen LogP contribution >= 0.6 is 11.3 Å². The zero-order chi connectivity index (χ0) is 19.0. The van der Waals surface area contributed by atoms with E-state index in [4.69, 9.17) is 0 Å². The number of hydrogen-bond acceptors (Lipinski definition) is 7. The summed E-state index contributed by atoms with van der Waals surface area (Å²) in [7, 11) is -3.17. The van der Waals surface area contributed by atoms with Crippen molar-refractivity contribution in [2.24, 2.45) is 0 Å². The van der Waals surface area contributed by atoms with E-state index in [-0.39, 0.29) is 17.8 Å². The van der Waals surface area contributed by atoms with Gasteiger partial charge in [-0.05, 0) is 32.3 Å². The molecule has 10 heteroatoms. The molecule has 3 aromatic heterocycles. The normalized spacial score (nSPS) is 19.9. The number of anilines is 1. The molecule has 27 heavy (non-hydrogen) atoms. The van der Waals surface area contributed by atoms with E-state index in [1.165, 1.54) is 11.3 Å². The lowest BCUT2D eigenvalue weighted by atomic mass is 9.87. The summed E-state index contributed by atoms with van der Waals surface area (Å²) in [5.41, 5.74) is 2.70. The Morgan fingerprint density at radius 1 is 1.30 bits per heavy atom. The van der Waals surface area contributed by atoms with E-state index in [0.717, 1.165) is 45.1 Å². The molecule has 0 radical (unpaired) electrons. The van der Waals surface area contributed by atoms with Crippen molar-refractivity contribution in [1.82, 2.24) is 24.9 Å². The van der Waals surface area contributed by atoms with Gasteiger partial charge in [0.25, 0.3) is 0 Å². The van der Waals surface area contributed by atoms with Crippen molar-refractivity contribution >= 4 is 38.1 Å². The molecule has 0 atom stereocenters. The van der Waals surface area contributed by atoms with Crippen LogP contribution in [-0.2, 0) is 10.0 Å². The van der Waals surface area contributed by atoms with Gasteiger partial charge in [-0.25, -0.2) is 18.1 Å². The number of nitrogens with one attached hydrogen (secondary N) is 3. The molecule has 4 rings (SSSR count). The maximum absolute atomic E-state index is 11.9. The van der Waals surface area contributed by atoms with E-state index in [1.54, 1.807) is 6.20 Å². The number of rotatable bonds is 7. The molecule has 3 N–H and O–H groups in total. The Balaban J connectivity index is 1.53. The van der Waals surface area contributed by atoms with Crippen molar-refractivity contribution in [2.45, 2.75) is 45.2 Å². The summed E-state index contributed by atoms with van der Waals surface area (Å²) in [5.74, 6) is 0.177. The Bertz CT molecular complexity index is 1050. The number of aromatic amines is 1. The van der Waals surface area contributed by atoms with Gasteiger partial charge in [0, 0.05) is 29.9 Å². The van der Waals surface area contributed by atoms with Crippen molar-refractivity contribution < 1.29 is 8.42 Å². The van der Waals surface area contributed by atoms with Crippen LogP contribution in [0.3, 0.4) is 0 Å². The van der Waals surface area contributed by atoms with E-state index in [0.29, 0.717) is 6.42 Å². The largest absolute Gasteiger partial charge is 0.381 e. The molecule has 0 unspecified atom stereocenters. The third kappa shape index (κ3) is 3.83. The molecule has 3 aromatic rings. The van der Waals surface area contributed by atoms with Gasteiger partial charge >= 0.3 is 0 Å². The number of aryl methyl sites for hydroxylation is 1. The quantitative estimate of drug-likeness (QED) is 0.556. The van der Waals surface area contributed by atoms with E-state index in [1.807, 2.05) is 26.1 Å². The maximum Gasteiger partial charge on any atom is 0.211 e. The third-order valence-electron chi connectivity index (χ3n) is 4.65. The molecular formula is C17H22N6O2S2. The summed E-state index contributed by atoms with van der Waals surface area (Å²) in [6, 6.07) is 2.18. The highest BCUT2D eigenvalue weighted by Crippen LogP contribution is 2.37. The number of pyridine rings is 1. The van der Waals surface area contributed by atoms with Gasteiger partial charge in [0.05, 0.1) is 17.0 Å². The predicted molar refractivity (Wildman–Crippen MR) is 107 cm³/mol. The van der Waals surface area contributed by atoms with Gasteiger partial charge < -0.3 is 10.3 Å². The SMILES string of the molecule is CCCS(=O)(=O)NC1CC(Nc2c(-c3nnc(C)s3)cnc3[nH]ccc23)C1. The van der Waals surface area contributed by atoms with E-state index in [2.05, 4.69) is 30.2 Å². The van der Waals surface area contributed by atoms with E-state index < -0.39 is 10.0 Å². The Morgan fingerprint density at radius 2 is 2.11 bits per heavy atom. The lowest BCUT2D eigenvalue weighted by Gasteiger charge is -2.37. The topological polar surface area (TPSA) is 113 Å². The predicted octanol–water partition coefficient (Wildman–Crippen LogP) is 2.66. The van der Waals surface area contributed by atoms with Crippen LogP contribution in [0.4, 0.5) is 5.69 Å². The van der Waals surface area contributed by atoms with E-state index >= 15 is 0 Å². The maximum atomic E-state index is 11.9. The minimum absolute atomic E-state index is 0.00479. The summed E-state index contributed by atoms with van der Waals surface area (Å²) in [5, 5.41) is 14.7. The minimum atomic E-state index is -3.17. The summed E-state index contributed by atoms with van der Waals surface area (Å²) >= 11 is 1.53. The summed E-state index contributed by atoms with van der Waals surface area (Å²) in [6.07, 6.45) is 5.80. The van der Waals surface area contributed by atoms with Crippen LogP contribution in [0.2, 0.25) is 0 Å². The Labute approximate surface area is 161 Å². The lowest BCUT2D eigenvalue weighted by molar-refractivity contribution is 0.346. The van der Waals surface area contributed by atoms with Gasteiger partial charge in [0.15, 0.2) is 5.01 Å². The second-order valence-electron chi connectivity index (χ2n) is 6.86. The molecule has 0 aliphatic heterocycles. The molecule has 1 aliphatic rings. The standard InChI is InChI=1S/C17H22N6O2S2/c1-3-6-27(24,25)23-12-7-11(8-12)20-15-13-4-5-18-16(13)19-9-14(15)17-22-21-10(2)26-17/h4-5,9,11-12,23H,3,6-8H2,1-2H3,(H2,18,19,20). The summed E-state index contributed by atoms with van der Waals surface area (Å²) in [6.45, 7) is 3.79. The van der Waals surface area contributed by atoms with Crippen LogP contribution < -0.4 is 10.0 Å². The molecule has 3 heterocycles. The first kappa shape index (κ1) is 18.3. The van der Waals surface area contributed by atoms with E-state index in [9.17, 15) is 8.42 Å². The van der Waals surface area contributed by atoms with Gasteiger partial charge in [-0.15, -0.1) is 10.2 Å². The number of hydrogen-bond donors (Lipinski definition) is 3. The summed E-state index contributed by atoms with van der Waals surface area (Å²) < 4.78 is 26.6. The lowest BCUT2D eigenvalue weighted by Crippen LogP contribution is -2.50.